The van der Waals surface area contributed by atoms with E-state index in [1.54, 1.807) is 13.0 Å². The molecule has 2 N–H and O–H groups in total. The summed E-state index contributed by atoms with van der Waals surface area (Å²) in [7, 11) is 0. The molecule has 0 fully saturated rings. The largest absolute Gasteiger partial charge is 0.389 e. The number of aliphatic hydroxyl groups is 1. The Morgan fingerprint density at radius 2 is 2.05 bits per heavy atom. The highest BCUT2D eigenvalue weighted by molar-refractivity contribution is 7.99. The van der Waals surface area contributed by atoms with Crippen LogP contribution in [0.2, 0.25) is 0 Å². The van der Waals surface area contributed by atoms with Gasteiger partial charge >= 0.3 is 0 Å². The van der Waals surface area contributed by atoms with E-state index < -0.39 is 6.10 Å². The lowest BCUT2D eigenvalue weighted by Gasteiger charge is -2.10. The van der Waals surface area contributed by atoms with E-state index in [1.807, 2.05) is 24.3 Å². The van der Waals surface area contributed by atoms with Crippen molar-refractivity contribution in [2.24, 2.45) is 0 Å². The molecule has 0 unspecified atom stereocenters. The highest BCUT2D eigenvalue weighted by atomic mass is 32.2. The molecule has 0 aliphatic heterocycles. The molecular weight excluding hydrogens is 275 g/mol. The van der Waals surface area contributed by atoms with Gasteiger partial charge in [0.2, 0.25) is 0 Å². The number of hydrogen-bond acceptors (Lipinski definition) is 3. The number of imidazole rings is 1. The van der Waals surface area contributed by atoms with Gasteiger partial charge in [-0.1, -0.05) is 23.9 Å². The highest BCUT2D eigenvalue weighted by Crippen LogP contribution is 2.33. The van der Waals surface area contributed by atoms with Gasteiger partial charge in [-0.15, -0.1) is 0 Å². The highest BCUT2D eigenvalue weighted by Gasteiger charge is 2.12. The second kappa shape index (κ2) is 5.26. The van der Waals surface area contributed by atoms with Crippen molar-refractivity contribution < 1.29 is 9.50 Å². The molecule has 5 heteroatoms. The van der Waals surface area contributed by atoms with Crippen molar-refractivity contribution in [3.8, 4) is 0 Å². The average molecular weight is 288 g/mol. The number of aromatic nitrogens is 2. The Bertz CT molecular complexity index is 721. The molecular formula is C15H13FN2OS. The van der Waals surface area contributed by atoms with Crippen LogP contribution in [0.3, 0.4) is 0 Å². The first-order valence-electron chi connectivity index (χ1n) is 6.23. The summed E-state index contributed by atoms with van der Waals surface area (Å²) in [4.78, 5) is 8.46. The second-order valence-corrected chi connectivity index (χ2v) is 5.55. The van der Waals surface area contributed by atoms with Crippen LogP contribution in [-0.2, 0) is 0 Å². The molecule has 1 aromatic heterocycles. The fraction of sp³-hybridized carbons (Fsp3) is 0.133. The van der Waals surface area contributed by atoms with Crippen molar-refractivity contribution in [1.82, 2.24) is 9.97 Å². The number of nitrogens with zero attached hydrogens (tertiary/aromatic N) is 1. The molecule has 0 bridgehead atoms. The number of fused-ring (bicyclic) bond motifs is 1. The molecule has 3 aromatic rings. The predicted molar refractivity (Wildman–Crippen MR) is 77.3 cm³/mol. The van der Waals surface area contributed by atoms with Gasteiger partial charge in [-0.3, -0.25) is 0 Å². The minimum absolute atomic E-state index is 0.352. The van der Waals surface area contributed by atoms with Crippen LogP contribution in [0.1, 0.15) is 18.6 Å². The summed E-state index contributed by atoms with van der Waals surface area (Å²) < 4.78 is 13.3. The molecule has 3 nitrogen and oxygen atoms in total. The van der Waals surface area contributed by atoms with Crippen molar-refractivity contribution in [3.63, 3.8) is 0 Å². The Kier molecular flexibility index (Phi) is 3.46. The summed E-state index contributed by atoms with van der Waals surface area (Å²) in [6.07, 6.45) is -0.724. The SMILES string of the molecule is C[C@@H](O)c1cc(F)ccc1Sc1nc2ccccc2[nH]1. The summed E-state index contributed by atoms with van der Waals surface area (Å²) in [5.41, 5.74) is 2.40. The molecule has 102 valence electrons. The first-order chi connectivity index (χ1) is 9.63. The topological polar surface area (TPSA) is 48.9 Å². The Balaban J connectivity index is 1.98. The minimum atomic E-state index is -0.724. The summed E-state index contributed by atoms with van der Waals surface area (Å²) >= 11 is 1.38. The molecule has 2 aromatic carbocycles. The summed E-state index contributed by atoms with van der Waals surface area (Å²) in [5, 5.41) is 10.5. The Hall–Kier alpha value is -1.85. The Labute approximate surface area is 119 Å². The molecule has 0 radical (unpaired) electrons. The lowest BCUT2D eigenvalue weighted by Crippen LogP contribution is -1.95. The van der Waals surface area contributed by atoms with Crippen LogP contribution >= 0.6 is 11.8 Å². The number of hydrogen-bond donors (Lipinski definition) is 2. The molecule has 3 rings (SSSR count). The fourth-order valence-corrected chi connectivity index (χ4v) is 3.02. The van der Waals surface area contributed by atoms with E-state index in [0.717, 1.165) is 21.1 Å². The van der Waals surface area contributed by atoms with E-state index in [9.17, 15) is 9.50 Å². The van der Waals surface area contributed by atoms with Gasteiger partial charge in [0.25, 0.3) is 0 Å². The summed E-state index contributed by atoms with van der Waals surface area (Å²) in [6.45, 7) is 1.62. The molecule has 0 aliphatic rings. The third kappa shape index (κ3) is 2.55. The van der Waals surface area contributed by atoms with Crippen LogP contribution in [0.5, 0.6) is 0 Å². The maximum atomic E-state index is 13.3. The zero-order chi connectivity index (χ0) is 14.1. The van der Waals surface area contributed by atoms with E-state index >= 15 is 0 Å². The number of benzene rings is 2. The van der Waals surface area contributed by atoms with Crippen molar-refractivity contribution in [3.05, 3.63) is 53.8 Å². The van der Waals surface area contributed by atoms with Crippen LogP contribution in [0, 0.1) is 5.82 Å². The van der Waals surface area contributed by atoms with Gasteiger partial charge in [-0.2, -0.15) is 0 Å². The fourth-order valence-electron chi connectivity index (χ4n) is 2.02. The van der Waals surface area contributed by atoms with Crippen LogP contribution in [0.25, 0.3) is 11.0 Å². The van der Waals surface area contributed by atoms with E-state index in [2.05, 4.69) is 9.97 Å². The molecule has 0 amide bonds. The minimum Gasteiger partial charge on any atom is -0.389 e. The first-order valence-corrected chi connectivity index (χ1v) is 7.05. The average Bonchev–Trinajstić information content (AvgIpc) is 2.82. The molecule has 0 saturated heterocycles. The van der Waals surface area contributed by atoms with Gasteiger partial charge < -0.3 is 10.1 Å². The first kappa shape index (κ1) is 13.1. The summed E-state index contributed by atoms with van der Waals surface area (Å²) in [5.74, 6) is -0.352. The lowest BCUT2D eigenvalue weighted by molar-refractivity contribution is 0.196. The van der Waals surface area contributed by atoms with E-state index in [4.69, 9.17) is 0 Å². The van der Waals surface area contributed by atoms with Crippen molar-refractivity contribution in [2.45, 2.75) is 23.1 Å². The zero-order valence-electron chi connectivity index (χ0n) is 10.8. The molecule has 0 aliphatic carbocycles. The smallest absolute Gasteiger partial charge is 0.171 e. The van der Waals surface area contributed by atoms with Crippen molar-refractivity contribution >= 4 is 22.8 Å². The van der Waals surface area contributed by atoms with Gasteiger partial charge in [0.1, 0.15) is 5.82 Å². The molecule has 20 heavy (non-hydrogen) atoms. The van der Waals surface area contributed by atoms with Crippen LogP contribution in [-0.4, -0.2) is 15.1 Å². The number of aromatic amines is 1. The Morgan fingerprint density at radius 1 is 1.25 bits per heavy atom. The number of H-pyrrole nitrogens is 1. The predicted octanol–water partition coefficient (Wildman–Crippen LogP) is 3.91. The quantitative estimate of drug-likeness (QED) is 0.768. The zero-order valence-corrected chi connectivity index (χ0v) is 11.6. The van der Waals surface area contributed by atoms with Gasteiger partial charge in [-0.05, 0) is 42.8 Å². The Morgan fingerprint density at radius 3 is 2.80 bits per heavy atom. The van der Waals surface area contributed by atoms with Crippen LogP contribution in [0.15, 0.2) is 52.5 Å². The maximum absolute atomic E-state index is 13.3. The van der Waals surface area contributed by atoms with Crippen molar-refractivity contribution in [2.75, 3.05) is 0 Å². The van der Waals surface area contributed by atoms with Gasteiger partial charge in [0.05, 0.1) is 17.1 Å². The summed E-state index contributed by atoms with van der Waals surface area (Å²) in [6, 6.07) is 12.1. The monoisotopic (exact) mass is 288 g/mol. The molecule has 1 atom stereocenters. The normalized spacial score (nSPS) is 12.8. The number of aliphatic hydroxyl groups excluding tert-OH is 1. The van der Waals surface area contributed by atoms with Crippen molar-refractivity contribution in [1.29, 1.82) is 0 Å². The second-order valence-electron chi connectivity index (χ2n) is 4.52. The van der Waals surface area contributed by atoms with Crippen LogP contribution < -0.4 is 0 Å². The van der Waals surface area contributed by atoms with Crippen LogP contribution in [0.4, 0.5) is 4.39 Å². The molecule has 0 spiro atoms. The number of nitrogens with one attached hydrogen (secondary N) is 1. The van der Waals surface area contributed by atoms with Gasteiger partial charge in [0, 0.05) is 4.90 Å². The number of rotatable bonds is 3. The van der Waals surface area contributed by atoms with E-state index in [1.165, 1.54) is 23.9 Å². The molecule has 1 heterocycles. The number of halogens is 1. The third-order valence-corrected chi connectivity index (χ3v) is 3.97. The number of para-hydroxylation sites is 2. The van der Waals surface area contributed by atoms with E-state index in [-0.39, 0.29) is 5.82 Å². The molecule has 0 saturated carbocycles. The lowest BCUT2D eigenvalue weighted by atomic mass is 10.1. The van der Waals surface area contributed by atoms with E-state index in [0.29, 0.717) is 5.56 Å². The standard InChI is InChI=1S/C15H13FN2OS/c1-9(19)11-8-10(16)6-7-14(11)20-15-17-12-4-2-3-5-13(12)18-15/h2-9,19H,1H3,(H,17,18)/t9-/m1/s1. The van der Waals surface area contributed by atoms with Gasteiger partial charge in [0.15, 0.2) is 5.16 Å². The maximum Gasteiger partial charge on any atom is 0.171 e. The van der Waals surface area contributed by atoms with Gasteiger partial charge in [-0.25, -0.2) is 9.37 Å². The third-order valence-electron chi connectivity index (χ3n) is 3.00.